The van der Waals surface area contributed by atoms with E-state index in [-0.39, 0.29) is 43.1 Å². The number of benzene rings is 1. The van der Waals surface area contributed by atoms with Gasteiger partial charge in [-0.25, -0.2) is 0 Å². The lowest BCUT2D eigenvalue weighted by Crippen LogP contribution is -2.36. The lowest BCUT2D eigenvalue weighted by molar-refractivity contribution is -0.159. The molecule has 3 rings (SSSR count). The van der Waals surface area contributed by atoms with Crippen molar-refractivity contribution in [1.82, 2.24) is 0 Å². The van der Waals surface area contributed by atoms with E-state index in [9.17, 15) is 9.59 Å². The fourth-order valence-electron chi connectivity index (χ4n) is 3.39. The molecule has 2 aliphatic heterocycles. The molecule has 0 radical (unpaired) electrons. The quantitative estimate of drug-likeness (QED) is 0.593. The summed E-state index contributed by atoms with van der Waals surface area (Å²) in [6.45, 7) is 0.214. The van der Waals surface area contributed by atoms with Crippen molar-refractivity contribution in [3.8, 4) is 0 Å². The smallest absolute Gasteiger partial charge is 0.310 e. The maximum atomic E-state index is 12.6. The summed E-state index contributed by atoms with van der Waals surface area (Å²) < 4.78 is 16.0. The third kappa shape index (κ3) is 4.03. The second-order valence-electron chi connectivity index (χ2n) is 6.31. The van der Waals surface area contributed by atoms with Gasteiger partial charge in [0.1, 0.15) is 6.61 Å². The van der Waals surface area contributed by atoms with Crippen LogP contribution in [-0.2, 0) is 30.4 Å². The molecular weight excluding hydrogens is 308 g/mol. The third-order valence-corrected chi connectivity index (χ3v) is 4.67. The summed E-state index contributed by atoms with van der Waals surface area (Å²) in [5.41, 5.74) is 0.927. The van der Waals surface area contributed by atoms with Crippen LogP contribution >= 0.6 is 0 Å². The van der Waals surface area contributed by atoms with E-state index < -0.39 is 5.92 Å². The highest BCUT2D eigenvalue weighted by molar-refractivity contribution is 5.80. The number of methoxy groups -OCH3 is 1. The number of esters is 2. The van der Waals surface area contributed by atoms with Crippen LogP contribution in [0.15, 0.2) is 42.5 Å². The highest BCUT2D eigenvalue weighted by atomic mass is 16.5. The van der Waals surface area contributed by atoms with E-state index in [1.165, 1.54) is 7.11 Å². The zero-order valence-corrected chi connectivity index (χ0v) is 13.7. The Kier molecular flexibility index (Phi) is 5.30. The molecule has 1 fully saturated rings. The van der Waals surface area contributed by atoms with Gasteiger partial charge in [-0.3, -0.25) is 9.59 Å². The minimum Gasteiger partial charge on any atom is -0.469 e. The van der Waals surface area contributed by atoms with Crippen LogP contribution in [0.1, 0.15) is 24.8 Å². The van der Waals surface area contributed by atoms with Gasteiger partial charge < -0.3 is 14.2 Å². The van der Waals surface area contributed by atoms with Gasteiger partial charge in [-0.2, -0.15) is 0 Å². The van der Waals surface area contributed by atoms with Gasteiger partial charge in [-0.05, 0) is 24.3 Å². The van der Waals surface area contributed by atoms with Crippen LogP contribution in [0, 0.1) is 11.8 Å². The maximum absolute atomic E-state index is 12.6. The molecular formula is C19H22O5. The Labute approximate surface area is 141 Å². The molecule has 0 amide bonds. The van der Waals surface area contributed by atoms with Gasteiger partial charge in [0.15, 0.2) is 0 Å². The molecule has 2 bridgehead atoms. The zero-order chi connectivity index (χ0) is 16.9. The molecule has 24 heavy (non-hydrogen) atoms. The van der Waals surface area contributed by atoms with Crippen molar-refractivity contribution >= 4 is 11.9 Å². The van der Waals surface area contributed by atoms with E-state index in [0.29, 0.717) is 0 Å². The van der Waals surface area contributed by atoms with E-state index in [4.69, 9.17) is 14.2 Å². The molecule has 1 saturated heterocycles. The fourth-order valence-corrected chi connectivity index (χ4v) is 3.39. The summed E-state index contributed by atoms with van der Waals surface area (Å²) in [6, 6.07) is 9.52. The van der Waals surface area contributed by atoms with Crippen molar-refractivity contribution in [3.63, 3.8) is 0 Å². The van der Waals surface area contributed by atoms with Crippen LogP contribution in [0.5, 0.6) is 0 Å². The summed E-state index contributed by atoms with van der Waals surface area (Å²) in [6.07, 6.45) is 5.66. The molecule has 3 unspecified atom stereocenters. The maximum Gasteiger partial charge on any atom is 0.310 e. The molecule has 0 aromatic heterocycles. The van der Waals surface area contributed by atoms with Gasteiger partial charge >= 0.3 is 11.9 Å². The standard InChI is InChI=1S/C19H22O5/c1-22-18(20)11-17(14-9-15-7-8-16(10-14)24-15)19(21)23-12-13-5-3-2-4-6-13/h2-8,14-17H,9-12H2,1H3. The Morgan fingerprint density at radius 1 is 1.17 bits per heavy atom. The Hall–Kier alpha value is -2.14. The van der Waals surface area contributed by atoms with E-state index >= 15 is 0 Å². The largest absolute Gasteiger partial charge is 0.469 e. The number of fused-ring (bicyclic) bond motifs is 2. The molecule has 0 N–H and O–H groups in total. The normalized spacial score (nSPS) is 26.0. The summed E-state index contributed by atoms with van der Waals surface area (Å²) in [7, 11) is 1.34. The molecule has 5 heteroatoms. The van der Waals surface area contributed by atoms with Crippen molar-refractivity contribution in [2.24, 2.45) is 11.8 Å². The molecule has 0 aliphatic carbocycles. The molecule has 0 saturated carbocycles. The van der Waals surface area contributed by atoms with Crippen LogP contribution in [0.3, 0.4) is 0 Å². The first-order valence-electron chi connectivity index (χ1n) is 8.27. The van der Waals surface area contributed by atoms with Crippen LogP contribution in [-0.4, -0.2) is 31.3 Å². The topological polar surface area (TPSA) is 61.8 Å². The predicted octanol–water partition coefficient (Wildman–Crippen LogP) is 2.64. The van der Waals surface area contributed by atoms with E-state index in [1.54, 1.807) is 0 Å². The third-order valence-electron chi connectivity index (χ3n) is 4.67. The highest BCUT2D eigenvalue weighted by Crippen LogP contribution is 2.37. The van der Waals surface area contributed by atoms with Crippen LogP contribution < -0.4 is 0 Å². The molecule has 0 spiro atoms. The Morgan fingerprint density at radius 2 is 1.83 bits per heavy atom. The van der Waals surface area contributed by atoms with E-state index in [0.717, 1.165) is 18.4 Å². The second-order valence-corrected chi connectivity index (χ2v) is 6.31. The monoisotopic (exact) mass is 330 g/mol. The summed E-state index contributed by atoms with van der Waals surface area (Å²) in [4.78, 5) is 24.4. The first-order valence-corrected chi connectivity index (χ1v) is 8.27. The van der Waals surface area contributed by atoms with E-state index in [1.807, 2.05) is 42.5 Å². The van der Waals surface area contributed by atoms with Crippen molar-refractivity contribution in [2.45, 2.75) is 38.1 Å². The molecule has 2 aliphatic rings. The summed E-state index contributed by atoms with van der Waals surface area (Å²) in [5.74, 6) is -1.15. The van der Waals surface area contributed by atoms with Crippen molar-refractivity contribution in [1.29, 1.82) is 0 Å². The second kappa shape index (κ2) is 7.62. The van der Waals surface area contributed by atoms with Crippen LogP contribution in [0.4, 0.5) is 0 Å². The average molecular weight is 330 g/mol. The molecule has 128 valence electrons. The number of hydrogen-bond acceptors (Lipinski definition) is 5. The van der Waals surface area contributed by atoms with Crippen LogP contribution in [0.25, 0.3) is 0 Å². The molecule has 1 aromatic carbocycles. The summed E-state index contributed by atoms with van der Waals surface area (Å²) in [5, 5.41) is 0. The average Bonchev–Trinajstić information content (AvgIpc) is 2.96. The summed E-state index contributed by atoms with van der Waals surface area (Å²) >= 11 is 0. The Morgan fingerprint density at radius 3 is 2.46 bits per heavy atom. The molecule has 5 nitrogen and oxygen atoms in total. The number of carbonyl (C=O) groups excluding carboxylic acids is 2. The first-order chi connectivity index (χ1) is 11.7. The number of carbonyl (C=O) groups is 2. The van der Waals surface area contributed by atoms with Crippen molar-refractivity contribution in [3.05, 3.63) is 48.0 Å². The van der Waals surface area contributed by atoms with E-state index in [2.05, 4.69) is 0 Å². The lowest BCUT2D eigenvalue weighted by Gasteiger charge is -2.32. The fraction of sp³-hybridized carbons (Fsp3) is 0.474. The highest BCUT2D eigenvalue weighted by Gasteiger charge is 2.40. The van der Waals surface area contributed by atoms with Crippen molar-refractivity contribution in [2.75, 3.05) is 7.11 Å². The Balaban J connectivity index is 1.65. The Bertz CT molecular complexity index is 595. The van der Waals surface area contributed by atoms with Crippen molar-refractivity contribution < 1.29 is 23.8 Å². The minimum atomic E-state index is -0.491. The minimum absolute atomic E-state index is 0.0378. The van der Waals surface area contributed by atoms with Gasteiger partial charge in [-0.15, -0.1) is 0 Å². The van der Waals surface area contributed by atoms with Crippen LogP contribution in [0.2, 0.25) is 0 Å². The first kappa shape index (κ1) is 16.7. The molecule has 3 atom stereocenters. The van der Waals surface area contributed by atoms with Gasteiger partial charge in [0.2, 0.25) is 0 Å². The number of hydrogen-bond donors (Lipinski definition) is 0. The lowest BCUT2D eigenvalue weighted by atomic mass is 9.81. The zero-order valence-electron chi connectivity index (χ0n) is 13.7. The SMILES string of the molecule is COC(=O)CC(C(=O)OCc1ccccc1)C1CC2C=CC(C1)O2. The molecule has 2 heterocycles. The number of ether oxygens (including phenoxy) is 3. The predicted molar refractivity (Wildman–Crippen MR) is 86.9 cm³/mol. The van der Waals surface area contributed by atoms with Gasteiger partial charge in [-0.1, -0.05) is 42.5 Å². The molecule has 1 aromatic rings. The van der Waals surface area contributed by atoms with Gasteiger partial charge in [0, 0.05) is 0 Å². The number of rotatable bonds is 6. The van der Waals surface area contributed by atoms with Gasteiger partial charge in [0.05, 0.1) is 31.7 Å². The van der Waals surface area contributed by atoms with Gasteiger partial charge in [0.25, 0.3) is 0 Å².